The van der Waals surface area contributed by atoms with Crippen LogP contribution in [0.3, 0.4) is 0 Å². The van der Waals surface area contributed by atoms with Crippen LogP contribution in [0.25, 0.3) is 0 Å². The fraction of sp³-hybridized carbons (Fsp3) is 0.400. The number of halogens is 2. The van der Waals surface area contributed by atoms with Gasteiger partial charge in [-0.25, -0.2) is 8.78 Å². The molecule has 0 heterocycles. The van der Waals surface area contributed by atoms with E-state index in [4.69, 9.17) is 9.47 Å². The molecule has 0 aliphatic heterocycles. The van der Waals surface area contributed by atoms with Gasteiger partial charge in [-0.3, -0.25) is 0 Å². The summed E-state index contributed by atoms with van der Waals surface area (Å²) in [5, 5.41) is 0. The van der Waals surface area contributed by atoms with E-state index in [9.17, 15) is 8.78 Å². The maximum atomic E-state index is 13.0. The minimum absolute atomic E-state index is 0.182. The Bertz CT molecular complexity index is 313. The fourth-order valence-corrected chi connectivity index (χ4v) is 1.03. The number of benzene rings is 1. The molecular formula is C10H12F2O2. The third kappa shape index (κ3) is 2.42. The van der Waals surface area contributed by atoms with Crippen molar-refractivity contribution in [1.82, 2.24) is 0 Å². The topological polar surface area (TPSA) is 18.5 Å². The third-order valence-electron chi connectivity index (χ3n) is 1.83. The van der Waals surface area contributed by atoms with Crippen LogP contribution in [0.5, 0.6) is 5.75 Å². The van der Waals surface area contributed by atoms with Crippen molar-refractivity contribution < 1.29 is 18.3 Å². The molecule has 1 aromatic rings. The normalized spacial score (nSPS) is 10.3. The van der Waals surface area contributed by atoms with Gasteiger partial charge in [0.1, 0.15) is 12.4 Å². The molecule has 1 rings (SSSR count). The van der Waals surface area contributed by atoms with E-state index < -0.39 is 11.6 Å². The Morgan fingerprint density at radius 2 is 1.93 bits per heavy atom. The third-order valence-corrected chi connectivity index (χ3v) is 1.83. The second-order valence-electron chi connectivity index (χ2n) is 2.83. The van der Waals surface area contributed by atoms with Crippen LogP contribution in [0.15, 0.2) is 12.1 Å². The van der Waals surface area contributed by atoms with Gasteiger partial charge in [0.2, 0.25) is 0 Å². The largest absolute Gasteiger partial charge is 0.491 e. The Labute approximate surface area is 81.4 Å². The smallest absolute Gasteiger partial charge is 0.165 e. The van der Waals surface area contributed by atoms with E-state index in [1.165, 1.54) is 13.0 Å². The van der Waals surface area contributed by atoms with Gasteiger partial charge in [0.15, 0.2) is 11.6 Å². The van der Waals surface area contributed by atoms with Gasteiger partial charge in [-0.1, -0.05) is 0 Å². The van der Waals surface area contributed by atoms with Gasteiger partial charge >= 0.3 is 0 Å². The zero-order valence-electron chi connectivity index (χ0n) is 8.14. The Hall–Kier alpha value is -1.16. The van der Waals surface area contributed by atoms with Crippen LogP contribution in [0, 0.1) is 18.6 Å². The molecule has 0 radical (unpaired) electrons. The van der Waals surface area contributed by atoms with E-state index in [-0.39, 0.29) is 5.56 Å². The molecule has 4 heteroatoms. The Kier molecular flexibility index (Phi) is 3.83. The number of hydrogen-bond donors (Lipinski definition) is 0. The van der Waals surface area contributed by atoms with Gasteiger partial charge in [0, 0.05) is 12.7 Å². The van der Waals surface area contributed by atoms with E-state index in [0.29, 0.717) is 19.0 Å². The average molecular weight is 202 g/mol. The lowest BCUT2D eigenvalue weighted by atomic mass is 10.2. The van der Waals surface area contributed by atoms with Crippen LogP contribution in [0.1, 0.15) is 5.56 Å². The van der Waals surface area contributed by atoms with E-state index >= 15 is 0 Å². The molecule has 0 spiro atoms. The lowest BCUT2D eigenvalue weighted by molar-refractivity contribution is 0.145. The summed E-state index contributed by atoms with van der Waals surface area (Å²) in [5.41, 5.74) is 0.182. The van der Waals surface area contributed by atoms with Crippen molar-refractivity contribution in [3.05, 3.63) is 29.3 Å². The predicted molar refractivity (Wildman–Crippen MR) is 48.5 cm³/mol. The highest BCUT2D eigenvalue weighted by atomic mass is 19.2. The minimum atomic E-state index is -0.861. The van der Waals surface area contributed by atoms with E-state index in [1.807, 2.05) is 0 Å². The molecular weight excluding hydrogens is 190 g/mol. The van der Waals surface area contributed by atoms with E-state index in [1.54, 1.807) is 7.11 Å². The molecule has 2 nitrogen and oxygen atoms in total. The first-order chi connectivity index (χ1) is 6.66. The van der Waals surface area contributed by atoms with Crippen LogP contribution in [-0.2, 0) is 4.74 Å². The summed E-state index contributed by atoms with van der Waals surface area (Å²) in [5.74, 6) is -1.37. The van der Waals surface area contributed by atoms with Crippen molar-refractivity contribution in [3.8, 4) is 5.75 Å². The summed E-state index contributed by atoms with van der Waals surface area (Å²) < 4.78 is 35.7. The molecule has 0 saturated heterocycles. The molecule has 0 aromatic heterocycles. The molecule has 0 aliphatic rings. The molecule has 0 bridgehead atoms. The highest BCUT2D eigenvalue weighted by Gasteiger charge is 2.09. The van der Waals surface area contributed by atoms with Crippen molar-refractivity contribution in [1.29, 1.82) is 0 Å². The standard InChI is InChI=1S/C10H12F2O2/c1-7-9(14-6-5-13-2)4-3-8(11)10(7)12/h3-4H,5-6H2,1-2H3. The first-order valence-corrected chi connectivity index (χ1v) is 4.23. The SMILES string of the molecule is COCCOc1ccc(F)c(F)c1C. The first kappa shape index (κ1) is 10.9. The second-order valence-corrected chi connectivity index (χ2v) is 2.83. The van der Waals surface area contributed by atoms with Crippen molar-refractivity contribution in [2.75, 3.05) is 20.3 Å². The van der Waals surface area contributed by atoms with Crippen molar-refractivity contribution in [2.45, 2.75) is 6.92 Å². The molecule has 0 N–H and O–H groups in total. The summed E-state index contributed by atoms with van der Waals surface area (Å²) in [7, 11) is 1.54. The summed E-state index contributed by atoms with van der Waals surface area (Å²) in [6.45, 7) is 2.21. The fourth-order valence-electron chi connectivity index (χ4n) is 1.03. The van der Waals surface area contributed by atoms with Gasteiger partial charge < -0.3 is 9.47 Å². The Morgan fingerprint density at radius 1 is 1.21 bits per heavy atom. The summed E-state index contributed by atoms with van der Waals surface area (Å²) in [4.78, 5) is 0. The maximum Gasteiger partial charge on any atom is 0.165 e. The quantitative estimate of drug-likeness (QED) is 0.697. The zero-order valence-corrected chi connectivity index (χ0v) is 8.14. The predicted octanol–water partition coefficient (Wildman–Crippen LogP) is 2.30. The average Bonchev–Trinajstić information content (AvgIpc) is 2.18. The molecule has 0 amide bonds. The number of rotatable bonds is 4. The highest BCUT2D eigenvalue weighted by molar-refractivity contribution is 5.34. The second kappa shape index (κ2) is 4.91. The van der Waals surface area contributed by atoms with Crippen LogP contribution >= 0.6 is 0 Å². The van der Waals surface area contributed by atoms with E-state index in [2.05, 4.69) is 0 Å². The Balaban J connectivity index is 2.73. The van der Waals surface area contributed by atoms with Crippen molar-refractivity contribution >= 4 is 0 Å². The van der Waals surface area contributed by atoms with Gasteiger partial charge in [-0.05, 0) is 19.1 Å². The molecule has 78 valence electrons. The van der Waals surface area contributed by atoms with Crippen LogP contribution in [0.4, 0.5) is 8.78 Å². The number of methoxy groups -OCH3 is 1. The molecule has 0 fully saturated rings. The number of hydrogen-bond acceptors (Lipinski definition) is 2. The zero-order chi connectivity index (χ0) is 10.6. The summed E-state index contributed by atoms with van der Waals surface area (Å²) in [6.07, 6.45) is 0. The summed E-state index contributed by atoms with van der Waals surface area (Å²) in [6, 6.07) is 2.45. The molecule has 0 aliphatic carbocycles. The van der Waals surface area contributed by atoms with E-state index in [0.717, 1.165) is 6.07 Å². The number of ether oxygens (including phenoxy) is 2. The molecule has 1 aromatic carbocycles. The van der Waals surface area contributed by atoms with Gasteiger partial charge in [-0.2, -0.15) is 0 Å². The highest BCUT2D eigenvalue weighted by Crippen LogP contribution is 2.22. The van der Waals surface area contributed by atoms with Crippen molar-refractivity contribution in [2.24, 2.45) is 0 Å². The van der Waals surface area contributed by atoms with Gasteiger partial charge in [0.05, 0.1) is 6.61 Å². The lowest BCUT2D eigenvalue weighted by Crippen LogP contribution is -2.06. The van der Waals surface area contributed by atoms with Crippen LogP contribution in [-0.4, -0.2) is 20.3 Å². The molecule has 0 saturated carbocycles. The van der Waals surface area contributed by atoms with Crippen molar-refractivity contribution in [3.63, 3.8) is 0 Å². The molecule has 14 heavy (non-hydrogen) atoms. The molecule has 0 atom stereocenters. The Morgan fingerprint density at radius 3 is 2.57 bits per heavy atom. The maximum absolute atomic E-state index is 13.0. The van der Waals surface area contributed by atoms with Crippen LogP contribution < -0.4 is 4.74 Å². The monoisotopic (exact) mass is 202 g/mol. The molecule has 0 unspecified atom stereocenters. The summed E-state index contributed by atoms with van der Waals surface area (Å²) >= 11 is 0. The first-order valence-electron chi connectivity index (χ1n) is 4.23. The van der Waals surface area contributed by atoms with Gasteiger partial charge in [-0.15, -0.1) is 0 Å². The van der Waals surface area contributed by atoms with Crippen LogP contribution in [0.2, 0.25) is 0 Å². The minimum Gasteiger partial charge on any atom is -0.491 e. The van der Waals surface area contributed by atoms with Gasteiger partial charge in [0.25, 0.3) is 0 Å². The lowest BCUT2D eigenvalue weighted by Gasteiger charge is -2.09.